The molecule has 0 aliphatic rings. The van der Waals surface area contributed by atoms with E-state index in [2.05, 4.69) is 10.4 Å². The number of amides is 1. The third-order valence-electron chi connectivity index (χ3n) is 3.06. The summed E-state index contributed by atoms with van der Waals surface area (Å²) in [5, 5.41) is 8.62. The molecule has 5 heteroatoms. The fourth-order valence-electron chi connectivity index (χ4n) is 2.17. The number of nitrogens with two attached hydrogens (primary N) is 1. The number of para-hydroxylation sites is 1. The molecule has 102 valence electrons. The number of carbonyl (C=O) groups excluding carboxylic acids is 1. The van der Waals surface area contributed by atoms with Crippen molar-refractivity contribution >= 4 is 16.8 Å². The predicted octanol–water partition coefficient (Wildman–Crippen LogP) is 1.28. The Morgan fingerprint density at radius 3 is 2.84 bits per heavy atom. The number of primary amides is 1. The Balaban J connectivity index is 2.06. The van der Waals surface area contributed by atoms with Gasteiger partial charge in [-0.3, -0.25) is 9.48 Å². The number of aryl methyl sites for hydroxylation is 1. The van der Waals surface area contributed by atoms with Crippen LogP contribution in [0, 0.1) is 0 Å². The lowest BCUT2D eigenvalue weighted by Gasteiger charge is -2.18. The zero-order chi connectivity index (χ0) is 13.8. The Bertz CT molecular complexity index is 561. The van der Waals surface area contributed by atoms with Crippen molar-refractivity contribution in [3.8, 4) is 0 Å². The molecule has 0 fully saturated rings. The maximum Gasteiger partial charge on any atom is 0.234 e. The SMILES string of the molecule is CC(C)NC(CCn1ncc2ccccc21)C(N)=O. The highest BCUT2D eigenvalue weighted by atomic mass is 16.1. The fourth-order valence-corrected chi connectivity index (χ4v) is 2.17. The summed E-state index contributed by atoms with van der Waals surface area (Å²) in [6.45, 7) is 4.67. The van der Waals surface area contributed by atoms with E-state index in [1.54, 1.807) is 0 Å². The minimum absolute atomic E-state index is 0.229. The molecule has 0 bridgehead atoms. The summed E-state index contributed by atoms with van der Waals surface area (Å²) < 4.78 is 1.91. The molecular formula is C14H20N4O. The first-order chi connectivity index (χ1) is 9.08. The molecule has 0 saturated heterocycles. The van der Waals surface area contributed by atoms with Gasteiger partial charge < -0.3 is 11.1 Å². The van der Waals surface area contributed by atoms with Gasteiger partial charge in [-0.05, 0) is 12.5 Å². The van der Waals surface area contributed by atoms with Gasteiger partial charge in [0.2, 0.25) is 5.91 Å². The van der Waals surface area contributed by atoms with E-state index in [0.29, 0.717) is 13.0 Å². The van der Waals surface area contributed by atoms with Crippen LogP contribution < -0.4 is 11.1 Å². The van der Waals surface area contributed by atoms with Crippen LogP contribution in [0.1, 0.15) is 20.3 Å². The quantitative estimate of drug-likeness (QED) is 0.821. The van der Waals surface area contributed by atoms with E-state index >= 15 is 0 Å². The summed E-state index contributed by atoms with van der Waals surface area (Å²) in [6.07, 6.45) is 2.48. The molecular weight excluding hydrogens is 240 g/mol. The molecule has 0 spiro atoms. The highest BCUT2D eigenvalue weighted by Gasteiger charge is 2.16. The van der Waals surface area contributed by atoms with E-state index in [4.69, 9.17) is 5.73 Å². The average molecular weight is 260 g/mol. The van der Waals surface area contributed by atoms with Crippen LogP contribution in [0.3, 0.4) is 0 Å². The van der Waals surface area contributed by atoms with Gasteiger partial charge in [0.1, 0.15) is 0 Å². The summed E-state index contributed by atoms with van der Waals surface area (Å²) in [5.41, 5.74) is 6.48. The van der Waals surface area contributed by atoms with Crippen molar-refractivity contribution in [2.45, 2.75) is 38.9 Å². The highest BCUT2D eigenvalue weighted by molar-refractivity contribution is 5.80. The number of hydrogen-bond acceptors (Lipinski definition) is 3. The predicted molar refractivity (Wildman–Crippen MR) is 75.6 cm³/mol. The van der Waals surface area contributed by atoms with E-state index in [1.165, 1.54) is 0 Å². The topological polar surface area (TPSA) is 72.9 Å². The number of rotatable bonds is 6. The van der Waals surface area contributed by atoms with Crippen molar-refractivity contribution in [1.29, 1.82) is 0 Å². The van der Waals surface area contributed by atoms with Crippen LogP contribution in [0.15, 0.2) is 30.5 Å². The van der Waals surface area contributed by atoms with Gasteiger partial charge in [-0.1, -0.05) is 32.0 Å². The second-order valence-electron chi connectivity index (χ2n) is 4.99. The third-order valence-corrected chi connectivity index (χ3v) is 3.06. The molecule has 0 aliphatic heterocycles. The Labute approximate surface area is 112 Å². The number of nitrogens with one attached hydrogen (secondary N) is 1. The van der Waals surface area contributed by atoms with Crippen LogP contribution in [-0.4, -0.2) is 27.8 Å². The number of carbonyl (C=O) groups is 1. The van der Waals surface area contributed by atoms with Gasteiger partial charge >= 0.3 is 0 Å². The van der Waals surface area contributed by atoms with Gasteiger partial charge in [0.25, 0.3) is 0 Å². The van der Waals surface area contributed by atoms with Crippen molar-refractivity contribution in [3.05, 3.63) is 30.5 Å². The second kappa shape index (κ2) is 5.84. The molecule has 5 nitrogen and oxygen atoms in total. The standard InChI is InChI=1S/C14H20N4O/c1-10(2)17-12(14(15)19)7-8-18-13-6-4-3-5-11(13)9-16-18/h3-6,9-10,12,17H,7-8H2,1-2H3,(H2,15,19). The van der Waals surface area contributed by atoms with Gasteiger partial charge in [-0.25, -0.2) is 0 Å². The van der Waals surface area contributed by atoms with Gasteiger partial charge in [0.15, 0.2) is 0 Å². The molecule has 1 unspecified atom stereocenters. The maximum atomic E-state index is 11.4. The normalized spacial score (nSPS) is 13.0. The first-order valence-electron chi connectivity index (χ1n) is 6.54. The summed E-state index contributed by atoms with van der Waals surface area (Å²) in [5.74, 6) is -0.315. The van der Waals surface area contributed by atoms with Gasteiger partial charge in [0.05, 0.1) is 17.8 Å². The van der Waals surface area contributed by atoms with E-state index in [-0.39, 0.29) is 18.0 Å². The van der Waals surface area contributed by atoms with E-state index in [1.807, 2.05) is 49.0 Å². The van der Waals surface area contributed by atoms with Crippen LogP contribution in [0.5, 0.6) is 0 Å². The number of benzene rings is 1. The molecule has 1 aromatic carbocycles. The summed E-state index contributed by atoms with van der Waals surface area (Å²) in [7, 11) is 0. The van der Waals surface area contributed by atoms with Gasteiger partial charge in [-0.2, -0.15) is 5.10 Å². The Morgan fingerprint density at radius 2 is 2.16 bits per heavy atom. The molecule has 1 heterocycles. The number of hydrogen-bond donors (Lipinski definition) is 2. The molecule has 0 saturated carbocycles. The van der Waals surface area contributed by atoms with Crippen LogP contribution >= 0.6 is 0 Å². The average Bonchev–Trinajstić information content (AvgIpc) is 2.77. The van der Waals surface area contributed by atoms with Crippen LogP contribution in [-0.2, 0) is 11.3 Å². The lowest BCUT2D eigenvalue weighted by atomic mass is 10.1. The maximum absolute atomic E-state index is 11.4. The Hall–Kier alpha value is -1.88. The largest absolute Gasteiger partial charge is 0.368 e. The summed E-state index contributed by atoms with van der Waals surface area (Å²) >= 11 is 0. The lowest BCUT2D eigenvalue weighted by Crippen LogP contribution is -2.45. The van der Waals surface area contributed by atoms with Crippen LogP contribution in [0.2, 0.25) is 0 Å². The number of nitrogens with zero attached hydrogens (tertiary/aromatic N) is 2. The molecule has 0 aliphatic carbocycles. The Morgan fingerprint density at radius 1 is 1.42 bits per heavy atom. The van der Waals surface area contributed by atoms with E-state index in [0.717, 1.165) is 10.9 Å². The van der Waals surface area contributed by atoms with Crippen LogP contribution in [0.4, 0.5) is 0 Å². The number of fused-ring (bicyclic) bond motifs is 1. The van der Waals surface area contributed by atoms with Crippen molar-refractivity contribution in [3.63, 3.8) is 0 Å². The Kier molecular flexibility index (Phi) is 4.16. The summed E-state index contributed by atoms with van der Waals surface area (Å²) in [6, 6.07) is 7.93. The molecule has 2 aromatic rings. The zero-order valence-electron chi connectivity index (χ0n) is 11.3. The van der Waals surface area contributed by atoms with Gasteiger partial charge in [0, 0.05) is 18.0 Å². The highest BCUT2D eigenvalue weighted by Crippen LogP contribution is 2.13. The minimum Gasteiger partial charge on any atom is -0.368 e. The molecule has 19 heavy (non-hydrogen) atoms. The van der Waals surface area contributed by atoms with Crippen molar-refractivity contribution in [1.82, 2.24) is 15.1 Å². The first-order valence-corrected chi connectivity index (χ1v) is 6.54. The monoisotopic (exact) mass is 260 g/mol. The summed E-state index contributed by atoms with van der Waals surface area (Å²) in [4.78, 5) is 11.4. The van der Waals surface area contributed by atoms with Crippen LogP contribution in [0.25, 0.3) is 10.9 Å². The van der Waals surface area contributed by atoms with E-state index < -0.39 is 0 Å². The van der Waals surface area contributed by atoms with Crippen molar-refractivity contribution in [2.75, 3.05) is 0 Å². The molecule has 1 atom stereocenters. The van der Waals surface area contributed by atoms with Crippen molar-refractivity contribution in [2.24, 2.45) is 5.73 Å². The van der Waals surface area contributed by atoms with Crippen molar-refractivity contribution < 1.29 is 4.79 Å². The number of aromatic nitrogens is 2. The lowest BCUT2D eigenvalue weighted by molar-refractivity contribution is -0.120. The second-order valence-corrected chi connectivity index (χ2v) is 4.99. The molecule has 1 aromatic heterocycles. The third kappa shape index (κ3) is 3.32. The molecule has 3 N–H and O–H groups in total. The van der Waals surface area contributed by atoms with Gasteiger partial charge in [-0.15, -0.1) is 0 Å². The molecule has 0 radical (unpaired) electrons. The molecule has 1 amide bonds. The zero-order valence-corrected chi connectivity index (χ0v) is 11.3. The fraction of sp³-hybridized carbons (Fsp3) is 0.429. The first kappa shape index (κ1) is 13.5. The minimum atomic E-state index is -0.317. The molecule has 2 rings (SSSR count). The smallest absolute Gasteiger partial charge is 0.234 e. The van der Waals surface area contributed by atoms with E-state index in [9.17, 15) is 4.79 Å².